The van der Waals surface area contributed by atoms with Gasteiger partial charge >= 0.3 is 0 Å². The Morgan fingerprint density at radius 2 is 1.94 bits per heavy atom. The molecule has 0 fully saturated rings. The van der Waals surface area contributed by atoms with Crippen LogP contribution >= 0.6 is 11.6 Å². The van der Waals surface area contributed by atoms with Crippen LogP contribution in [0.5, 0.6) is 11.5 Å². The van der Waals surface area contributed by atoms with E-state index in [0.29, 0.717) is 34.5 Å². The Hall–Kier alpha value is -3.50. The molecule has 32 heavy (non-hydrogen) atoms. The fourth-order valence-corrected chi connectivity index (χ4v) is 4.32. The third-order valence-corrected chi connectivity index (χ3v) is 6.00. The van der Waals surface area contributed by atoms with Crippen molar-refractivity contribution in [2.45, 2.75) is 27.0 Å². The zero-order chi connectivity index (χ0) is 22.2. The number of hydrogen-bond donors (Lipinski definition) is 0. The summed E-state index contributed by atoms with van der Waals surface area (Å²) in [5.74, 6) is 1.45. The van der Waals surface area contributed by atoms with Crippen LogP contribution in [-0.4, -0.2) is 10.4 Å². The van der Waals surface area contributed by atoms with Crippen molar-refractivity contribution in [1.82, 2.24) is 4.57 Å². The van der Waals surface area contributed by atoms with Crippen LogP contribution in [0.4, 0.5) is 0 Å². The maximum Gasteiger partial charge on any atom is 0.231 e. The number of aromatic nitrogens is 1. The Bertz CT molecular complexity index is 1380. The van der Waals surface area contributed by atoms with Crippen LogP contribution in [0.2, 0.25) is 5.02 Å². The molecule has 0 bridgehead atoms. The number of fused-ring (bicyclic) bond motifs is 2. The molecule has 4 nitrogen and oxygen atoms in total. The van der Waals surface area contributed by atoms with Crippen LogP contribution in [0, 0.1) is 6.92 Å². The van der Waals surface area contributed by atoms with Crippen molar-refractivity contribution in [2.24, 2.45) is 0 Å². The topological polar surface area (TPSA) is 40.5 Å². The quantitative estimate of drug-likeness (QED) is 0.318. The Balaban J connectivity index is 1.44. The van der Waals surface area contributed by atoms with Crippen molar-refractivity contribution >= 4 is 34.4 Å². The maximum atomic E-state index is 13.0. The van der Waals surface area contributed by atoms with E-state index in [2.05, 4.69) is 29.8 Å². The third kappa shape index (κ3) is 3.57. The van der Waals surface area contributed by atoms with Gasteiger partial charge in [-0.2, -0.15) is 0 Å². The van der Waals surface area contributed by atoms with Crippen LogP contribution in [0.1, 0.15) is 34.0 Å². The first kappa shape index (κ1) is 20.4. The molecule has 1 aromatic heterocycles. The molecule has 0 aliphatic carbocycles. The van der Waals surface area contributed by atoms with Gasteiger partial charge in [0.05, 0.1) is 5.56 Å². The van der Waals surface area contributed by atoms with Gasteiger partial charge in [0.15, 0.2) is 5.76 Å². The van der Waals surface area contributed by atoms with Gasteiger partial charge in [0.1, 0.15) is 18.1 Å². The lowest BCUT2D eigenvalue weighted by Gasteiger charge is -2.11. The second kappa shape index (κ2) is 8.21. The second-order valence-electron chi connectivity index (χ2n) is 7.81. The predicted molar refractivity (Wildman–Crippen MR) is 128 cm³/mol. The molecule has 0 N–H and O–H groups in total. The van der Waals surface area contributed by atoms with Crippen molar-refractivity contribution < 1.29 is 14.3 Å². The van der Waals surface area contributed by atoms with Crippen molar-refractivity contribution in [3.05, 3.63) is 99.9 Å². The van der Waals surface area contributed by atoms with Crippen LogP contribution in [0.15, 0.2) is 72.6 Å². The van der Waals surface area contributed by atoms with Gasteiger partial charge in [0.25, 0.3) is 0 Å². The summed E-state index contributed by atoms with van der Waals surface area (Å²) in [6.45, 7) is 5.24. The summed E-state index contributed by atoms with van der Waals surface area (Å²) in [5, 5.41) is 1.77. The number of halogens is 1. The van der Waals surface area contributed by atoms with Crippen LogP contribution in [-0.2, 0) is 13.2 Å². The first-order valence-electron chi connectivity index (χ1n) is 10.6. The molecule has 0 spiro atoms. The maximum absolute atomic E-state index is 13.0. The molecule has 0 radical (unpaired) electrons. The highest BCUT2D eigenvalue weighted by Gasteiger charge is 2.30. The Labute approximate surface area is 191 Å². The van der Waals surface area contributed by atoms with E-state index < -0.39 is 0 Å². The molecule has 5 rings (SSSR count). The van der Waals surface area contributed by atoms with Gasteiger partial charge < -0.3 is 14.0 Å². The van der Waals surface area contributed by atoms with Gasteiger partial charge in [-0.25, -0.2) is 0 Å². The first-order valence-corrected chi connectivity index (χ1v) is 11.0. The average Bonchev–Trinajstić information content (AvgIpc) is 3.32. The third-order valence-electron chi connectivity index (χ3n) is 5.77. The summed E-state index contributed by atoms with van der Waals surface area (Å²) < 4.78 is 14.2. The van der Waals surface area contributed by atoms with Crippen molar-refractivity contribution in [2.75, 3.05) is 0 Å². The number of hydrogen-bond acceptors (Lipinski definition) is 3. The fourth-order valence-electron chi connectivity index (χ4n) is 4.11. The van der Waals surface area contributed by atoms with Gasteiger partial charge in [-0.15, -0.1) is 0 Å². The number of Topliss-reactive ketones (excluding diaryl/α,β-unsaturated/α-hetero) is 1. The molecule has 1 aliphatic heterocycles. The number of aryl methyl sites for hydroxylation is 1. The Kier molecular flexibility index (Phi) is 5.24. The number of ketones is 1. The average molecular weight is 444 g/mol. The molecule has 2 heterocycles. The molecule has 0 saturated heterocycles. The summed E-state index contributed by atoms with van der Waals surface area (Å²) in [6.07, 6.45) is 3.90. The van der Waals surface area contributed by atoms with E-state index in [9.17, 15) is 4.79 Å². The van der Waals surface area contributed by atoms with Crippen molar-refractivity contribution in [3.8, 4) is 11.5 Å². The molecular weight excluding hydrogens is 422 g/mol. The van der Waals surface area contributed by atoms with E-state index in [1.54, 1.807) is 6.07 Å². The summed E-state index contributed by atoms with van der Waals surface area (Å²) in [6, 6.07) is 19.3. The van der Waals surface area contributed by atoms with Crippen LogP contribution in [0.25, 0.3) is 17.0 Å². The highest BCUT2D eigenvalue weighted by molar-refractivity contribution is 6.30. The second-order valence-corrected chi connectivity index (χ2v) is 8.25. The van der Waals surface area contributed by atoms with Gasteiger partial charge in [-0.1, -0.05) is 41.9 Å². The number of rotatable bonds is 5. The predicted octanol–water partition coefficient (Wildman–Crippen LogP) is 6.82. The minimum absolute atomic E-state index is 0.113. The fraction of sp³-hybridized carbons (Fsp3) is 0.148. The molecule has 0 saturated carbocycles. The number of ether oxygens (including phenoxy) is 2. The zero-order valence-corrected chi connectivity index (χ0v) is 18.6. The van der Waals surface area contributed by atoms with E-state index in [0.717, 1.165) is 34.1 Å². The molecule has 4 aromatic rings. The number of carbonyl (C=O) groups is 1. The lowest BCUT2D eigenvalue weighted by Crippen LogP contribution is -1.98. The first-order chi connectivity index (χ1) is 15.5. The van der Waals surface area contributed by atoms with Gasteiger partial charge in [0, 0.05) is 39.8 Å². The Morgan fingerprint density at radius 3 is 2.75 bits per heavy atom. The number of allylic oxidation sites excluding steroid dienone is 1. The van der Waals surface area contributed by atoms with Gasteiger partial charge in [-0.3, -0.25) is 4.79 Å². The summed E-state index contributed by atoms with van der Waals surface area (Å²) in [5.41, 5.74) is 4.44. The van der Waals surface area contributed by atoms with E-state index in [1.165, 1.54) is 0 Å². The lowest BCUT2D eigenvalue weighted by molar-refractivity contribution is 0.101. The Morgan fingerprint density at radius 1 is 1.09 bits per heavy atom. The van der Waals surface area contributed by atoms with Gasteiger partial charge in [-0.05, 0) is 55.8 Å². The SMILES string of the molecule is CCn1cc(/C=C2\Oc3c(ccc(OCc4cccc(Cl)c4)c3C)C2=O)c2ccccc21. The van der Waals surface area contributed by atoms with Crippen LogP contribution < -0.4 is 9.47 Å². The normalized spacial score (nSPS) is 14.1. The minimum Gasteiger partial charge on any atom is -0.488 e. The molecule has 1 aliphatic rings. The molecule has 5 heteroatoms. The summed E-state index contributed by atoms with van der Waals surface area (Å²) >= 11 is 6.06. The molecule has 160 valence electrons. The molecule has 0 unspecified atom stereocenters. The largest absolute Gasteiger partial charge is 0.488 e. The number of benzene rings is 3. The highest BCUT2D eigenvalue weighted by atomic mass is 35.5. The molecular formula is C27H22ClNO3. The van der Waals surface area contributed by atoms with E-state index in [-0.39, 0.29) is 5.78 Å². The standard InChI is InChI=1S/C27H22ClNO3/c1-3-29-15-19(21-9-4-5-10-23(21)29)14-25-26(30)22-11-12-24(17(2)27(22)32-25)31-16-18-7-6-8-20(28)13-18/h4-15H,3,16H2,1-2H3/b25-14-. The van der Waals surface area contributed by atoms with Crippen LogP contribution in [0.3, 0.4) is 0 Å². The number of nitrogens with zero attached hydrogens (tertiary/aromatic N) is 1. The van der Waals surface area contributed by atoms with Crippen molar-refractivity contribution in [3.63, 3.8) is 0 Å². The van der Waals surface area contributed by atoms with E-state index in [1.807, 2.05) is 55.5 Å². The minimum atomic E-state index is -0.113. The van der Waals surface area contributed by atoms with Crippen molar-refractivity contribution in [1.29, 1.82) is 0 Å². The lowest BCUT2D eigenvalue weighted by atomic mass is 10.1. The molecule has 0 atom stereocenters. The van der Waals surface area contributed by atoms with E-state index in [4.69, 9.17) is 21.1 Å². The van der Waals surface area contributed by atoms with Gasteiger partial charge in [0.2, 0.25) is 5.78 Å². The highest BCUT2D eigenvalue weighted by Crippen LogP contribution is 2.40. The summed E-state index contributed by atoms with van der Waals surface area (Å²) in [7, 11) is 0. The number of para-hydroxylation sites is 1. The number of carbonyl (C=O) groups excluding carboxylic acids is 1. The molecule has 3 aromatic carbocycles. The zero-order valence-electron chi connectivity index (χ0n) is 17.9. The smallest absolute Gasteiger partial charge is 0.231 e. The summed E-state index contributed by atoms with van der Waals surface area (Å²) in [4.78, 5) is 13.0. The van der Waals surface area contributed by atoms with E-state index >= 15 is 0 Å². The molecule has 0 amide bonds. The monoisotopic (exact) mass is 443 g/mol.